The van der Waals surface area contributed by atoms with Gasteiger partial charge in [-0.3, -0.25) is 9.59 Å². The molecule has 0 saturated carbocycles. The van der Waals surface area contributed by atoms with E-state index in [0.29, 0.717) is 6.42 Å². The van der Waals surface area contributed by atoms with Crippen LogP contribution >= 0.6 is 0 Å². The predicted molar refractivity (Wildman–Crippen MR) is 223 cm³/mol. The van der Waals surface area contributed by atoms with Crippen LogP contribution in [0.25, 0.3) is 0 Å². The highest BCUT2D eigenvalue weighted by molar-refractivity contribution is 5.80. The van der Waals surface area contributed by atoms with Gasteiger partial charge in [-0.15, -0.1) is 0 Å². The molecule has 1 unspecified atom stereocenters. The summed E-state index contributed by atoms with van der Waals surface area (Å²) in [6.45, 7) is 8.33. The lowest BCUT2D eigenvalue weighted by atomic mass is 10.0. The molecule has 5 nitrogen and oxygen atoms in total. The molecule has 0 spiro atoms. The Balaban J connectivity index is 4.23. The van der Waals surface area contributed by atoms with E-state index in [4.69, 9.17) is 10.5 Å². The second kappa shape index (κ2) is 41.7. The maximum atomic E-state index is 13.3. The lowest BCUT2D eigenvalue weighted by Gasteiger charge is -2.24. The molecule has 0 aliphatic rings. The Bertz CT molecular complexity index is 679. The smallest absolute Gasteiger partial charge is 0.248 e. The van der Waals surface area contributed by atoms with Crippen LogP contribution in [0.15, 0.2) is 0 Å². The molecule has 51 heavy (non-hydrogen) atoms. The van der Waals surface area contributed by atoms with Crippen molar-refractivity contribution in [3.05, 3.63) is 0 Å². The summed E-state index contributed by atoms with van der Waals surface area (Å²) in [7, 11) is 0. The lowest BCUT2D eigenvalue weighted by Crippen LogP contribution is -2.39. The normalized spacial score (nSPS) is 12.1. The van der Waals surface area contributed by atoms with Gasteiger partial charge in [0.15, 0.2) is 0 Å². The van der Waals surface area contributed by atoms with Gasteiger partial charge in [0.1, 0.15) is 12.7 Å². The first-order valence-corrected chi connectivity index (χ1v) is 23.2. The molecule has 0 aromatic rings. The van der Waals surface area contributed by atoms with Crippen LogP contribution in [0.5, 0.6) is 0 Å². The van der Waals surface area contributed by atoms with Gasteiger partial charge >= 0.3 is 0 Å². The Morgan fingerprint density at radius 2 is 0.667 bits per heavy atom. The molecule has 0 fully saturated rings. The van der Waals surface area contributed by atoms with Gasteiger partial charge in [-0.05, 0) is 19.3 Å². The summed E-state index contributed by atoms with van der Waals surface area (Å²) in [5, 5.41) is 0. The molecule has 0 saturated heterocycles. The number of carbonyl (C=O) groups is 2. The summed E-state index contributed by atoms with van der Waals surface area (Å²) in [4.78, 5) is 27.3. The molecule has 5 heteroatoms. The first kappa shape index (κ1) is 49.9. The summed E-state index contributed by atoms with van der Waals surface area (Å²) in [6, 6.07) is 0. The van der Waals surface area contributed by atoms with E-state index in [2.05, 4.69) is 20.8 Å². The summed E-state index contributed by atoms with van der Waals surface area (Å²) >= 11 is 0. The quantitative estimate of drug-likeness (QED) is 0.0637. The molecular weight excluding hydrogens is 629 g/mol. The largest absolute Gasteiger partial charge is 0.367 e. The van der Waals surface area contributed by atoms with Crippen LogP contribution in [-0.2, 0) is 14.3 Å². The van der Waals surface area contributed by atoms with E-state index in [0.717, 1.165) is 51.6 Å². The number of carbonyl (C=O) groups excluding carboxylic acids is 2. The van der Waals surface area contributed by atoms with E-state index >= 15 is 0 Å². The molecule has 0 aliphatic heterocycles. The molecule has 2 N–H and O–H groups in total. The van der Waals surface area contributed by atoms with E-state index in [9.17, 15) is 9.59 Å². The highest BCUT2D eigenvalue weighted by Gasteiger charge is 2.20. The minimum absolute atomic E-state index is 0.0247. The number of primary amides is 1. The second-order valence-corrected chi connectivity index (χ2v) is 16.0. The maximum absolute atomic E-state index is 13.3. The van der Waals surface area contributed by atoms with E-state index in [1.54, 1.807) is 0 Å². The molecule has 0 bridgehead atoms. The number of ether oxygens (including phenoxy) is 1. The molecule has 0 aliphatic carbocycles. The van der Waals surface area contributed by atoms with Gasteiger partial charge in [-0.1, -0.05) is 239 Å². The van der Waals surface area contributed by atoms with Crippen molar-refractivity contribution in [2.75, 3.05) is 19.7 Å². The first-order valence-electron chi connectivity index (χ1n) is 23.2. The van der Waals surface area contributed by atoms with E-state index in [1.807, 2.05) is 4.90 Å². The average Bonchev–Trinajstić information content (AvgIpc) is 3.13. The molecule has 0 radical (unpaired) electrons. The molecule has 1 atom stereocenters. The zero-order chi connectivity index (χ0) is 37.3. The number of rotatable bonds is 43. The van der Waals surface area contributed by atoms with Crippen molar-refractivity contribution in [2.24, 2.45) is 5.73 Å². The number of nitrogens with zero attached hydrogens (tertiary/aromatic N) is 1. The Kier molecular flexibility index (Phi) is 40.8. The first-order chi connectivity index (χ1) is 25.1. The van der Waals surface area contributed by atoms with Crippen molar-refractivity contribution in [1.82, 2.24) is 4.90 Å². The van der Waals surface area contributed by atoms with E-state index in [-0.39, 0.29) is 12.5 Å². The monoisotopic (exact) mass is 721 g/mol. The fourth-order valence-corrected chi connectivity index (χ4v) is 7.39. The fourth-order valence-electron chi connectivity index (χ4n) is 7.39. The Morgan fingerprint density at radius 3 is 0.941 bits per heavy atom. The van der Waals surface area contributed by atoms with Crippen LogP contribution in [0.4, 0.5) is 0 Å². The summed E-state index contributed by atoms with van der Waals surface area (Å²) < 4.78 is 5.83. The average molecular weight is 721 g/mol. The molecule has 304 valence electrons. The predicted octanol–water partition coefficient (Wildman–Crippen LogP) is 14.2. The number of unbranched alkanes of at least 4 members (excludes halogenated alkanes) is 33. The van der Waals surface area contributed by atoms with Gasteiger partial charge in [-0.25, -0.2) is 0 Å². The molecular formula is C46H92N2O3. The number of hydrogen-bond donors (Lipinski definition) is 1. The van der Waals surface area contributed by atoms with Crippen molar-refractivity contribution in [1.29, 1.82) is 0 Å². The van der Waals surface area contributed by atoms with E-state index < -0.39 is 12.0 Å². The van der Waals surface area contributed by atoms with Crippen molar-refractivity contribution in [3.63, 3.8) is 0 Å². The summed E-state index contributed by atoms with van der Waals surface area (Å²) in [5.74, 6) is -0.418. The SMILES string of the molecule is CCCCCCCCCCCCCCCCCCN(CCCCCCCCCCCCCCCCCC)C(=O)COC(CCCCCC)C(N)=O. The summed E-state index contributed by atoms with van der Waals surface area (Å²) in [6.07, 6.45) is 47.5. The van der Waals surface area contributed by atoms with E-state index in [1.165, 1.54) is 193 Å². The lowest BCUT2D eigenvalue weighted by molar-refractivity contribution is -0.142. The fraction of sp³-hybridized carbons (Fsp3) is 0.957. The van der Waals surface area contributed by atoms with Crippen LogP contribution in [0.3, 0.4) is 0 Å². The number of hydrogen-bond acceptors (Lipinski definition) is 3. The van der Waals surface area contributed by atoms with Gasteiger partial charge in [0.05, 0.1) is 0 Å². The number of amides is 2. The zero-order valence-electron chi connectivity index (χ0n) is 35.1. The molecule has 0 heterocycles. The van der Waals surface area contributed by atoms with Crippen molar-refractivity contribution in [3.8, 4) is 0 Å². The zero-order valence-corrected chi connectivity index (χ0v) is 35.1. The topological polar surface area (TPSA) is 72.6 Å². The van der Waals surface area contributed by atoms with Crippen LogP contribution in [-0.4, -0.2) is 42.5 Å². The van der Waals surface area contributed by atoms with Crippen LogP contribution in [0.1, 0.15) is 258 Å². The third-order valence-corrected chi connectivity index (χ3v) is 11.0. The standard InChI is InChI=1S/C46H92N2O3/c1-4-7-10-13-15-17-19-21-23-25-27-29-31-33-35-38-41-48(45(49)43-51-44(46(47)50)40-37-12-9-6-3)42-39-36-34-32-30-28-26-24-22-20-18-16-14-11-8-5-2/h44H,4-43H2,1-3H3,(H2,47,50). The molecule has 0 aromatic carbocycles. The Hall–Kier alpha value is -1.10. The maximum Gasteiger partial charge on any atom is 0.248 e. The van der Waals surface area contributed by atoms with Crippen LogP contribution in [0.2, 0.25) is 0 Å². The molecule has 2 amide bonds. The Labute approximate surface area is 320 Å². The second-order valence-electron chi connectivity index (χ2n) is 16.0. The highest BCUT2D eigenvalue weighted by Crippen LogP contribution is 2.16. The third-order valence-electron chi connectivity index (χ3n) is 11.0. The molecule has 0 aromatic heterocycles. The minimum atomic E-state index is -0.654. The van der Waals surface area contributed by atoms with Gasteiger partial charge in [0, 0.05) is 13.1 Å². The summed E-state index contributed by atoms with van der Waals surface area (Å²) in [5.41, 5.74) is 5.63. The molecule has 0 rings (SSSR count). The van der Waals surface area contributed by atoms with Crippen LogP contribution in [0, 0.1) is 0 Å². The van der Waals surface area contributed by atoms with Gasteiger partial charge in [0.25, 0.3) is 0 Å². The van der Waals surface area contributed by atoms with Crippen molar-refractivity contribution >= 4 is 11.8 Å². The van der Waals surface area contributed by atoms with Crippen molar-refractivity contribution < 1.29 is 14.3 Å². The van der Waals surface area contributed by atoms with Gasteiger partial charge in [-0.2, -0.15) is 0 Å². The third kappa shape index (κ3) is 37.0. The highest BCUT2D eigenvalue weighted by atomic mass is 16.5. The minimum Gasteiger partial charge on any atom is -0.367 e. The van der Waals surface area contributed by atoms with Crippen molar-refractivity contribution in [2.45, 2.75) is 264 Å². The van der Waals surface area contributed by atoms with Gasteiger partial charge < -0.3 is 15.4 Å². The number of nitrogens with two attached hydrogens (primary N) is 1. The van der Waals surface area contributed by atoms with Crippen LogP contribution < -0.4 is 5.73 Å². The van der Waals surface area contributed by atoms with Gasteiger partial charge in [0.2, 0.25) is 11.8 Å². The Morgan fingerprint density at radius 1 is 0.412 bits per heavy atom.